The summed E-state index contributed by atoms with van der Waals surface area (Å²) in [5, 5.41) is 3.71. The molecule has 1 saturated carbocycles. The molecule has 1 fully saturated rings. The molecular formula is C16H24ClNO2S. The van der Waals surface area contributed by atoms with E-state index < -0.39 is 9.84 Å². The number of hydrogen-bond acceptors (Lipinski definition) is 3. The lowest BCUT2D eigenvalue weighted by Crippen LogP contribution is -2.48. The van der Waals surface area contributed by atoms with E-state index in [1.807, 2.05) is 6.92 Å². The van der Waals surface area contributed by atoms with Crippen LogP contribution in [0.3, 0.4) is 0 Å². The Balaban J connectivity index is 2.16. The van der Waals surface area contributed by atoms with Gasteiger partial charge in [-0.15, -0.1) is 0 Å². The molecule has 21 heavy (non-hydrogen) atoms. The first-order valence-corrected chi connectivity index (χ1v) is 9.71. The molecule has 0 heterocycles. The lowest BCUT2D eigenvalue weighted by molar-refractivity contribution is 0.311. The van der Waals surface area contributed by atoms with Gasteiger partial charge in [-0.3, -0.25) is 0 Å². The van der Waals surface area contributed by atoms with Gasteiger partial charge in [0.2, 0.25) is 0 Å². The van der Waals surface area contributed by atoms with Crippen LogP contribution in [-0.4, -0.2) is 26.3 Å². The highest BCUT2D eigenvalue weighted by molar-refractivity contribution is 7.91. The van der Waals surface area contributed by atoms with Gasteiger partial charge in [0, 0.05) is 11.1 Å². The van der Waals surface area contributed by atoms with Crippen molar-refractivity contribution < 1.29 is 8.42 Å². The van der Waals surface area contributed by atoms with Crippen LogP contribution in [0.2, 0.25) is 5.02 Å². The van der Waals surface area contributed by atoms with Crippen LogP contribution in [0, 0.1) is 5.92 Å². The van der Waals surface area contributed by atoms with E-state index in [2.05, 4.69) is 12.2 Å². The van der Waals surface area contributed by atoms with Gasteiger partial charge < -0.3 is 5.32 Å². The molecule has 1 aliphatic carbocycles. The lowest BCUT2D eigenvalue weighted by Gasteiger charge is -2.35. The Labute approximate surface area is 133 Å². The first-order valence-electron chi connectivity index (χ1n) is 7.61. The van der Waals surface area contributed by atoms with Crippen LogP contribution in [-0.2, 0) is 15.6 Å². The summed E-state index contributed by atoms with van der Waals surface area (Å²) in [6, 6.07) is 7.18. The maximum atomic E-state index is 12.8. The monoisotopic (exact) mass is 329 g/mol. The molecule has 3 unspecified atom stereocenters. The molecule has 0 saturated heterocycles. The highest BCUT2D eigenvalue weighted by Gasteiger charge is 2.37. The molecule has 5 heteroatoms. The van der Waals surface area contributed by atoms with Crippen LogP contribution in [0.15, 0.2) is 24.3 Å². The van der Waals surface area contributed by atoms with Crippen molar-refractivity contribution >= 4 is 21.4 Å². The van der Waals surface area contributed by atoms with Gasteiger partial charge in [-0.05, 0) is 49.4 Å². The van der Waals surface area contributed by atoms with Crippen molar-refractivity contribution in [3.63, 3.8) is 0 Å². The minimum absolute atomic E-state index is 0.0866. The fourth-order valence-corrected chi connectivity index (χ4v) is 5.49. The van der Waals surface area contributed by atoms with E-state index in [-0.39, 0.29) is 17.0 Å². The Morgan fingerprint density at radius 2 is 1.90 bits per heavy atom. The molecule has 1 aromatic rings. The van der Waals surface area contributed by atoms with Crippen molar-refractivity contribution in [2.75, 3.05) is 6.54 Å². The summed E-state index contributed by atoms with van der Waals surface area (Å²) in [5.41, 5.74) is 0.813. The maximum absolute atomic E-state index is 12.8. The van der Waals surface area contributed by atoms with E-state index in [0.29, 0.717) is 10.9 Å². The number of nitrogens with one attached hydrogen (secondary N) is 1. The van der Waals surface area contributed by atoms with E-state index in [0.717, 1.165) is 31.4 Å². The van der Waals surface area contributed by atoms with Gasteiger partial charge in [0.15, 0.2) is 9.84 Å². The molecule has 0 aromatic heterocycles. The molecule has 0 radical (unpaired) electrons. The molecule has 0 amide bonds. The molecule has 0 aliphatic heterocycles. The van der Waals surface area contributed by atoms with Gasteiger partial charge >= 0.3 is 0 Å². The van der Waals surface area contributed by atoms with Crippen molar-refractivity contribution in [3.05, 3.63) is 34.9 Å². The highest BCUT2D eigenvalue weighted by atomic mass is 35.5. The largest absolute Gasteiger partial charge is 0.313 e. The number of rotatable bonds is 5. The molecule has 0 bridgehead atoms. The van der Waals surface area contributed by atoms with Crippen LogP contribution in [0.1, 0.15) is 38.7 Å². The van der Waals surface area contributed by atoms with E-state index in [9.17, 15) is 8.42 Å². The fraction of sp³-hybridized carbons (Fsp3) is 0.625. The Bertz CT molecular complexity index is 556. The number of benzene rings is 1. The number of halogens is 1. The molecule has 3 nitrogen and oxygen atoms in total. The van der Waals surface area contributed by atoms with Crippen molar-refractivity contribution in [2.45, 2.75) is 50.2 Å². The second-order valence-electron chi connectivity index (χ2n) is 6.05. The summed E-state index contributed by atoms with van der Waals surface area (Å²) < 4.78 is 25.6. The van der Waals surface area contributed by atoms with E-state index in [4.69, 9.17) is 11.6 Å². The van der Waals surface area contributed by atoms with Crippen molar-refractivity contribution in [1.29, 1.82) is 0 Å². The fourth-order valence-electron chi connectivity index (χ4n) is 3.14. The Kier molecular flexibility index (Phi) is 5.69. The molecule has 0 spiro atoms. The third-order valence-electron chi connectivity index (χ3n) is 4.26. The lowest BCUT2D eigenvalue weighted by atomic mass is 9.87. The standard InChI is InChI=1S/C16H24ClNO2S/c1-3-18-15-9-4-12(2)10-16(15)21(19,20)11-13-5-7-14(17)8-6-13/h5-8,12,15-16,18H,3-4,9-11H2,1-2H3. The van der Waals surface area contributed by atoms with Crippen LogP contribution in [0.5, 0.6) is 0 Å². The Morgan fingerprint density at radius 1 is 1.24 bits per heavy atom. The van der Waals surface area contributed by atoms with Crippen LogP contribution in [0.4, 0.5) is 0 Å². The van der Waals surface area contributed by atoms with E-state index in [1.165, 1.54) is 0 Å². The summed E-state index contributed by atoms with van der Waals surface area (Å²) in [6.07, 6.45) is 2.80. The minimum Gasteiger partial charge on any atom is -0.313 e. The second-order valence-corrected chi connectivity index (χ2v) is 8.71. The minimum atomic E-state index is -3.16. The van der Waals surface area contributed by atoms with E-state index in [1.54, 1.807) is 24.3 Å². The molecule has 2 rings (SSSR count). The molecule has 118 valence electrons. The predicted molar refractivity (Wildman–Crippen MR) is 88.3 cm³/mol. The summed E-state index contributed by atoms with van der Waals surface area (Å²) in [6.45, 7) is 4.99. The zero-order valence-electron chi connectivity index (χ0n) is 12.7. The second kappa shape index (κ2) is 7.12. The molecule has 1 aromatic carbocycles. The van der Waals surface area contributed by atoms with Crippen LogP contribution < -0.4 is 5.32 Å². The third-order valence-corrected chi connectivity index (χ3v) is 6.69. The molecule has 1 aliphatic rings. The quantitative estimate of drug-likeness (QED) is 0.900. The summed E-state index contributed by atoms with van der Waals surface area (Å²) in [7, 11) is -3.16. The average molecular weight is 330 g/mol. The van der Waals surface area contributed by atoms with Crippen molar-refractivity contribution in [2.24, 2.45) is 5.92 Å². The topological polar surface area (TPSA) is 46.2 Å². The van der Waals surface area contributed by atoms with Gasteiger partial charge in [0.05, 0.1) is 11.0 Å². The van der Waals surface area contributed by atoms with Gasteiger partial charge in [-0.2, -0.15) is 0 Å². The smallest absolute Gasteiger partial charge is 0.158 e. The maximum Gasteiger partial charge on any atom is 0.158 e. The van der Waals surface area contributed by atoms with Gasteiger partial charge in [0.1, 0.15) is 0 Å². The Hall–Kier alpha value is -0.580. The summed E-state index contributed by atoms with van der Waals surface area (Å²) in [5.74, 6) is 0.577. The number of sulfone groups is 1. The Morgan fingerprint density at radius 3 is 2.52 bits per heavy atom. The van der Waals surface area contributed by atoms with Gasteiger partial charge in [-0.25, -0.2) is 8.42 Å². The molecule has 1 N–H and O–H groups in total. The zero-order chi connectivity index (χ0) is 15.5. The normalized spacial score (nSPS) is 26.7. The zero-order valence-corrected chi connectivity index (χ0v) is 14.3. The SMILES string of the molecule is CCNC1CCC(C)CC1S(=O)(=O)Cc1ccc(Cl)cc1. The first kappa shape index (κ1) is 16.8. The van der Waals surface area contributed by atoms with Crippen LogP contribution in [0.25, 0.3) is 0 Å². The average Bonchev–Trinajstić information content (AvgIpc) is 2.43. The van der Waals surface area contributed by atoms with Crippen molar-refractivity contribution in [3.8, 4) is 0 Å². The summed E-state index contributed by atoms with van der Waals surface area (Å²) in [4.78, 5) is 0. The number of hydrogen-bond donors (Lipinski definition) is 1. The molecule has 3 atom stereocenters. The summed E-state index contributed by atoms with van der Waals surface area (Å²) >= 11 is 5.86. The highest BCUT2D eigenvalue weighted by Crippen LogP contribution is 2.30. The van der Waals surface area contributed by atoms with Gasteiger partial charge in [0.25, 0.3) is 0 Å². The first-order chi connectivity index (χ1) is 9.92. The third kappa shape index (κ3) is 4.44. The molecular weight excluding hydrogens is 306 g/mol. The van der Waals surface area contributed by atoms with Gasteiger partial charge in [-0.1, -0.05) is 37.6 Å². The predicted octanol–water partition coefficient (Wildman–Crippen LogP) is 3.42. The van der Waals surface area contributed by atoms with Crippen LogP contribution >= 0.6 is 11.6 Å². The van der Waals surface area contributed by atoms with E-state index >= 15 is 0 Å². The van der Waals surface area contributed by atoms with Crippen molar-refractivity contribution in [1.82, 2.24) is 5.32 Å².